The van der Waals surface area contributed by atoms with E-state index in [0.717, 1.165) is 41.7 Å². The molecule has 0 unspecified atom stereocenters. The number of benzene rings is 1. The predicted octanol–water partition coefficient (Wildman–Crippen LogP) is 3.20. The number of rotatable bonds is 4. The van der Waals surface area contributed by atoms with Crippen LogP contribution in [0.4, 0.5) is 0 Å². The number of hydrogen-bond donors (Lipinski definition) is 2. The van der Waals surface area contributed by atoms with Gasteiger partial charge in [-0.15, -0.1) is 6.58 Å². The molecular weight excluding hydrogens is 416 g/mol. The fourth-order valence-corrected chi connectivity index (χ4v) is 4.44. The van der Waals surface area contributed by atoms with Gasteiger partial charge in [0.1, 0.15) is 5.75 Å². The molecule has 7 nitrogen and oxygen atoms in total. The molecule has 3 aliphatic heterocycles. The van der Waals surface area contributed by atoms with Crippen molar-refractivity contribution in [2.45, 2.75) is 25.0 Å². The predicted molar refractivity (Wildman–Crippen MR) is 112 cm³/mol. The Hall–Kier alpha value is -1.71. The van der Waals surface area contributed by atoms with Crippen LogP contribution in [0.3, 0.4) is 0 Å². The third-order valence-electron chi connectivity index (χ3n) is 5.82. The van der Waals surface area contributed by atoms with Gasteiger partial charge in [-0.25, -0.2) is 0 Å². The maximum absolute atomic E-state index is 11.2. The highest BCUT2D eigenvalue weighted by Crippen LogP contribution is 2.42. The van der Waals surface area contributed by atoms with E-state index in [0.29, 0.717) is 11.8 Å². The average Bonchev–Trinajstić information content (AvgIpc) is 2.71. The lowest BCUT2D eigenvalue weighted by Crippen LogP contribution is -2.54. The van der Waals surface area contributed by atoms with Gasteiger partial charge in [-0.2, -0.15) is 8.42 Å². The third kappa shape index (κ3) is 5.26. The topological polar surface area (TPSA) is 100.0 Å². The molecule has 5 atom stereocenters. The maximum atomic E-state index is 11.2. The summed E-state index contributed by atoms with van der Waals surface area (Å²) in [6.07, 6.45) is 5.62. The molecule has 1 aromatic carbocycles. The van der Waals surface area contributed by atoms with Gasteiger partial charge in [-0.1, -0.05) is 6.08 Å². The molecular formula is C20H25ClN2O5S. The summed E-state index contributed by atoms with van der Waals surface area (Å²) in [6, 6.07) is 7.96. The Morgan fingerprint density at radius 3 is 2.72 bits per heavy atom. The van der Waals surface area contributed by atoms with Crippen molar-refractivity contribution in [1.29, 1.82) is 0 Å². The lowest BCUT2D eigenvalue weighted by atomic mass is 9.73. The van der Waals surface area contributed by atoms with E-state index < -0.39 is 15.4 Å². The Labute approximate surface area is 175 Å². The molecule has 0 radical (unpaired) electrons. The number of ether oxygens (including phenoxy) is 1. The number of piperidine rings is 3. The van der Waals surface area contributed by atoms with Crippen molar-refractivity contribution in [3.63, 3.8) is 0 Å². The lowest BCUT2D eigenvalue weighted by Gasteiger charge is -2.50. The minimum Gasteiger partial charge on any atom is -0.497 e. The molecule has 29 heavy (non-hydrogen) atoms. The van der Waals surface area contributed by atoms with Crippen molar-refractivity contribution in [2.75, 3.05) is 20.2 Å². The smallest absolute Gasteiger partial charge is 0.353 e. The van der Waals surface area contributed by atoms with Crippen LogP contribution >= 0.6 is 10.7 Å². The van der Waals surface area contributed by atoms with E-state index in [4.69, 9.17) is 17.7 Å². The number of aliphatic hydroxyl groups is 1. The summed E-state index contributed by atoms with van der Waals surface area (Å²) in [5.74, 6) is 2.01. The van der Waals surface area contributed by atoms with Crippen molar-refractivity contribution in [3.8, 4) is 5.75 Å². The van der Waals surface area contributed by atoms with Gasteiger partial charge in [0, 0.05) is 34.9 Å². The molecule has 0 saturated carbocycles. The first-order valence-corrected chi connectivity index (χ1v) is 11.6. The van der Waals surface area contributed by atoms with Crippen LogP contribution < -0.4 is 4.74 Å². The highest BCUT2D eigenvalue weighted by atomic mass is 35.7. The minimum atomic E-state index is -4.19. The van der Waals surface area contributed by atoms with Crippen LogP contribution in [0.5, 0.6) is 5.75 Å². The number of hydrogen-bond acceptors (Lipinski definition) is 6. The largest absolute Gasteiger partial charge is 0.497 e. The average molecular weight is 441 g/mol. The molecule has 3 saturated heterocycles. The van der Waals surface area contributed by atoms with E-state index in [9.17, 15) is 5.11 Å². The fourth-order valence-electron chi connectivity index (χ4n) is 4.44. The van der Waals surface area contributed by atoms with Crippen molar-refractivity contribution >= 4 is 30.9 Å². The Kier molecular flexibility index (Phi) is 6.80. The Morgan fingerprint density at radius 2 is 2.14 bits per heavy atom. The molecule has 1 aromatic heterocycles. The molecule has 0 amide bonds. The maximum Gasteiger partial charge on any atom is 0.353 e. The quantitative estimate of drug-likeness (QED) is 0.427. The van der Waals surface area contributed by atoms with Crippen LogP contribution in [0.25, 0.3) is 10.9 Å². The van der Waals surface area contributed by atoms with Crippen LogP contribution in [-0.4, -0.2) is 54.2 Å². The molecule has 4 heterocycles. The van der Waals surface area contributed by atoms with Gasteiger partial charge in [-0.05, 0) is 61.1 Å². The zero-order valence-electron chi connectivity index (χ0n) is 16.1. The van der Waals surface area contributed by atoms with Crippen LogP contribution in [-0.2, 0) is 9.33 Å². The van der Waals surface area contributed by atoms with E-state index in [2.05, 4.69) is 33.2 Å². The molecule has 3 fully saturated rings. The van der Waals surface area contributed by atoms with Gasteiger partial charge in [0.2, 0.25) is 0 Å². The van der Waals surface area contributed by atoms with E-state index in [1.807, 2.05) is 24.3 Å². The first-order valence-electron chi connectivity index (χ1n) is 9.35. The Balaban J connectivity index is 0.000000431. The van der Waals surface area contributed by atoms with Crippen molar-refractivity contribution in [1.82, 2.24) is 9.88 Å². The van der Waals surface area contributed by atoms with Crippen LogP contribution in [0.2, 0.25) is 0 Å². The second kappa shape index (κ2) is 8.97. The monoisotopic (exact) mass is 440 g/mol. The zero-order valence-corrected chi connectivity index (χ0v) is 17.7. The summed E-state index contributed by atoms with van der Waals surface area (Å²) in [6.45, 7) is 6.07. The number of aliphatic hydroxyl groups excluding tert-OH is 1. The SMILES string of the molecule is C=C[C@H]1C[N@]2CC[C@H]1C[C@H]2[C@H](O)c1ccnc2ccc(OC)cc12.O=S(=O)(O)Cl. The molecule has 5 rings (SSSR count). The number of aromatic nitrogens is 1. The molecule has 2 aromatic rings. The van der Waals surface area contributed by atoms with Gasteiger partial charge < -0.3 is 9.84 Å². The van der Waals surface area contributed by atoms with E-state index in [-0.39, 0.29) is 6.04 Å². The van der Waals surface area contributed by atoms with Crippen molar-refractivity contribution in [3.05, 3.63) is 48.7 Å². The summed E-state index contributed by atoms with van der Waals surface area (Å²) >= 11 is 0. The zero-order chi connectivity index (χ0) is 21.2. The number of halogens is 1. The third-order valence-corrected chi connectivity index (χ3v) is 5.82. The van der Waals surface area contributed by atoms with E-state index in [1.54, 1.807) is 13.3 Å². The Morgan fingerprint density at radius 1 is 1.41 bits per heavy atom. The van der Waals surface area contributed by atoms with E-state index >= 15 is 0 Å². The summed E-state index contributed by atoms with van der Waals surface area (Å²) < 4.78 is 30.5. The molecule has 2 bridgehead atoms. The van der Waals surface area contributed by atoms with Crippen molar-refractivity contribution in [2.24, 2.45) is 11.8 Å². The van der Waals surface area contributed by atoms with Gasteiger partial charge in [0.25, 0.3) is 0 Å². The molecule has 9 heteroatoms. The molecule has 0 spiro atoms. The summed E-state index contributed by atoms with van der Waals surface area (Å²) in [7, 11) is 1.52. The second-order valence-electron chi connectivity index (χ2n) is 7.39. The number of fused-ring (bicyclic) bond motifs is 4. The van der Waals surface area contributed by atoms with Crippen LogP contribution in [0.1, 0.15) is 24.5 Å². The second-order valence-corrected chi connectivity index (χ2v) is 9.38. The number of pyridine rings is 1. The minimum absolute atomic E-state index is 0.178. The van der Waals surface area contributed by atoms with Gasteiger partial charge in [0.15, 0.2) is 0 Å². The highest BCUT2D eigenvalue weighted by molar-refractivity contribution is 8.09. The van der Waals surface area contributed by atoms with Crippen LogP contribution in [0, 0.1) is 11.8 Å². The summed E-state index contributed by atoms with van der Waals surface area (Å²) in [5, 5.41) is 12.1. The number of methoxy groups -OCH3 is 1. The van der Waals surface area contributed by atoms with Crippen LogP contribution in [0.15, 0.2) is 43.1 Å². The highest BCUT2D eigenvalue weighted by Gasteiger charge is 2.42. The summed E-state index contributed by atoms with van der Waals surface area (Å²) in [4.78, 5) is 6.86. The molecule has 3 aliphatic rings. The standard InChI is InChI=1S/C20H24N2O2.ClHO3S/c1-3-13-12-22-9-7-14(13)10-19(22)20(23)16-6-8-21-18-5-4-15(24-2)11-17(16)18;1-5(2,3)4/h3-6,8,11,13-14,19-20,23H,1,7,9-10,12H2,2H3;(H,2,3,4)/t13-,14-,19-,20+;/m0./s1. The summed E-state index contributed by atoms with van der Waals surface area (Å²) in [5.41, 5.74) is 1.85. The van der Waals surface area contributed by atoms with Gasteiger partial charge >= 0.3 is 9.33 Å². The number of nitrogens with zero attached hydrogens (tertiary/aromatic N) is 2. The van der Waals surface area contributed by atoms with E-state index in [1.165, 1.54) is 6.42 Å². The molecule has 158 valence electrons. The molecule has 2 N–H and O–H groups in total. The molecule has 0 aliphatic carbocycles. The lowest BCUT2D eigenvalue weighted by molar-refractivity contribution is -0.0444. The first-order chi connectivity index (χ1) is 13.7. The Bertz CT molecular complexity index is 976. The normalized spacial score (nSPS) is 27.0. The van der Waals surface area contributed by atoms with Crippen molar-refractivity contribution < 1.29 is 22.8 Å². The van der Waals surface area contributed by atoms with Gasteiger partial charge in [-0.3, -0.25) is 14.4 Å². The van der Waals surface area contributed by atoms with Gasteiger partial charge in [0.05, 0.1) is 18.7 Å². The fraction of sp³-hybridized carbons (Fsp3) is 0.450. The first kappa shape index (κ1) is 22.0.